The normalized spacial score (nSPS) is 29.2. The minimum absolute atomic E-state index is 0.204. The van der Waals surface area contributed by atoms with Gasteiger partial charge in [0.2, 0.25) is 0 Å². The third-order valence-electron chi connectivity index (χ3n) is 0.489. The fourth-order valence-electron chi connectivity index (χ4n) is 0.250. The van der Waals surface area contributed by atoms with Crippen molar-refractivity contribution in [1.29, 1.82) is 0 Å². The van der Waals surface area contributed by atoms with Crippen molar-refractivity contribution in [3.05, 3.63) is 12.3 Å². The van der Waals surface area contributed by atoms with Crippen LogP contribution in [-0.2, 0) is 0 Å². The zero-order chi connectivity index (χ0) is 4.41. The van der Waals surface area contributed by atoms with Gasteiger partial charge in [0.1, 0.15) is 0 Å². The predicted molar refractivity (Wildman–Crippen MR) is 23.6 cm³/mol. The van der Waals surface area contributed by atoms with Crippen LogP contribution in [-0.4, -0.2) is 5.50 Å². The maximum Gasteiger partial charge on any atom is 0.164 e. The molecule has 1 heterocycles. The van der Waals surface area contributed by atoms with E-state index < -0.39 is 0 Å². The molecule has 1 aliphatic rings. The van der Waals surface area contributed by atoms with Gasteiger partial charge in [-0.1, -0.05) is 11.6 Å². The second-order valence-electron chi connectivity index (χ2n) is 0.945. The van der Waals surface area contributed by atoms with Gasteiger partial charge in [0.05, 0.1) is 0 Å². The molecule has 0 bridgehead atoms. The molecule has 1 atom stereocenters. The molecule has 0 aliphatic carbocycles. The Kier molecular flexibility index (Phi) is 0.881. The lowest BCUT2D eigenvalue weighted by Crippen LogP contribution is -1.75. The Morgan fingerprint density at radius 1 is 1.67 bits per heavy atom. The summed E-state index contributed by atoms with van der Waals surface area (Å²) in [6.45, 7) is 0. The number of hydrogen-bond acceptors (Lipinski definition) is 2. The molecule has 1 rings (SSSR count). The zero-order valence-electron chi connectivity index (χ0n) is 3.00. The highest BCUT2D eigenvalue weighted by atomic mass is 35.5. The van der Waals surface area contributed by atoms with Crippen LogP contribution in [0, 0.1) is 0 Å². The average Bonchev–Trinajstić information content (AvgIpc) is 1.86. The van der Waals surface area contributed by atoms with Crippen LogP contribution in [0.15, 0.2) is 22.5 Å². The van der Waals surface area contributed by atoms with Crippen molar-refractivity contribution in [2.45, 2.75) is 5.50 Å². The van der Waals surface area contributed by atoms with Crippen molar-refractivity contribution in [3.63, 3.8) is 0 Å². The van der Waals surface area contributed by atoms with E-state index in [1.807, 2.05) is 0 Å². The lowest BCUT2D eigenvalue weighted by Gasteiger charge is -1.77. The van der Waals surface area contributed by atoms with Gasteiger partial charge in [-0.2, -0.15) is 10.2 Å². The molecule has 0 N–H and O–H groups in total. The van der Waals surface area contributed by atoms with Gasteiger partial charge in [-0.05, 0) is 6.08 Å². The van der Waals surface area contributed by atoms with Gasteiger partial charge in [-0.25, -0.2) is 0 Å². The first kappa shape index (κ1) is 3.81. The predicted octanol–water partition coefficient (Wildman–Crippen LogP) is 1.53. The van der Waals surface area contributed by atoms with Crippen LogP contribution in [0.25, 0.3) is 0 Å². The molecule has 0 fully saturated rings. The SMILES string of the molecule is ClC1C=CN=N1. The Balaban J connectivity index is 2.60. The second kappa shape index (κ2) is 1.39. The highest BCUT2D eigenvalue weighted by Crippen LogP contribution is 2.05. The van der Waals surface area contributed by atoms with Crippen molar-refractivity contribution in [2.75, 3.05) is 0 Å². The molecular formula is C3H3ClN2. The van der Waals surface area contributed by atoms with E-state index >= 15 is 0 Å². The molecule has 1 unspecified atom stereocenters. The molecule has 0 aromatic carbocycles. The van der Waals surface area contributed by atoms with E-state index in [4.69, 9.17) is 11.6 Å². The maximum absolute atomic E-state index is 5.36. The van der Waals surface area contributed by atoms with Crippen molar-refractivity contribution in [1.82, 2.24) is 0 Å². The average molecular weight is 103 g/mol. The second-order valence-corrected chi connectivity index (χ2v) is 1.39. The Hall–Kier alpha value is -0.370. The van der Waals surface area contributed by atoms with Gasteiger partial charge in [-0.15, -0.1) is 0 Å². The summed E-state index contributed by atoms with van der Waals surface area (Å²) in [6, 6.07) is 0. The van der Waals surface area contributed by atoms with Crippen LogP contribution in [0.5, 0.6) is 0 Å². The number of rotatable bonds is 0. The highest BCUT2D eigenvalue weighted by Gasteiger charge is 1.95. The van der Waals surface area contributed by atoms with Crippen molar-refractivity contribution in [3.8, 4) is 0 Å². The van der Waals surface area contributed by atoms with Crippen LogP contribution in [0.1, 0.15) is 0 Å². The minimum Gasteiger partial charge on any atom is -0.165 e. The molecule has 0 radical (unpaired) electrons. The van der Waals surface area contributed by atoms with E-state index in [1.54, 1.807) is 12.3 Å². The molecule has 0 aromatic rings. The molecule has 0 amide bonds. The zero-order valence-corrected chi connectivity index (χ0v) is 3.76. The fourth-order valence-corrected chi connectivity index (χ4v) is 0.366. The first-order valence-electron chi connectivity index (χ1n) is 1.60. The molecule has 3 heteroatoms. The van der Waals surface area contributed by atoms with Crippen molar-refractivity contribution < 1.29 is 0 Å². The number of nitrogens with zero attached hydrogens (tertiary/aromatic N) is 2. The Labute approximate surface area is 40.5 Å². The molecule has 2 nitrogen and oxygen atoms in total. The fraction of sp³-hybridized carbons (Fsp3) is 0.333. The molecule has 32 valence electrons. The molecule has 0 spiro atoms. The molecule has 0 saturated carbocycles. The summed E-state index contributed by atoms with van der Waals surface area (Å²) in [7, 11) is 0. The summed E-state index contributed by atoms with van der Waals surface area (Å²) in [5, 5.41) is 6.99. The van der Waals surface area contributed by atoms with E-state index in [2.05, 4.69) is 10.2 Å². The summed E-state index contributed by atoms with van der Waals surface area (Å²) in [5.74, 6) is 0. The third kappa shape index (κ3) is 0.571. The quantitative estimate of drug-likeness (QED) is 0.327. The molecular weight excluding hydrogens is 99.5 g/mol. The molecule has 0 saturated heterocycles. The van der Waals surface area contributed by atoms with E-state index in [9.17, 15) is 0 Å². The highest BCUT2D eigenvalue weighted by molar-refractivity contribution is 6.21. The van der Waals surface area contributed by atoms with Gasteiger partial charge in [0, 0.05) is 6.20 Å². The number of halogens is 1. The van der Waals surface area contributed by atoms with E-state index in [0.29, 0.717) is 0 Å². The summed E-state index contributed by atoms with van der Waals surface area (Å²) < 4.78 is 0. The van der Waals surface area contributed by atoms with Gasteiger partial charge >= 0.3 is 0 Å². The van der Waals surface area contributed by atoms with Crippen LogP contribution >= 0.6 is 11.6 Å². The minimum atomic E-state index is -0.204. The molecule has 0 aromatic heterocycles. The number of alkyl halides is 1. The number of hydrogen-bond donors (Lipinski definition) is 0. The van der Waals surface area contributed by atoms with Crippen LogP contribution in [0.3, 0.4) is 0 Å². The maximum atomic E-state index is 5.36. The summed E-state index contributed by atoms with van der Waals surface area (Å²) in [6.07, 6.45) is 3.29. The monoisotopic (exact) mass is 102 g/mol. The number of azo groups is 1. The molecule has 6 heavy (non-hydrogen) atoms. The first-order chi connectivity index (χ1) is 2.89. The van der Waals surface area contributed by atoms with Gasteiger partial charge in [0.25, 0.3) is 0 Å². The summed E-state index contributed by atoms with van der Waals surface area (Å²) in [4.78, 5) is 0. The lowest BCUT2D eigenvalue weighted by atomic mass is 10.6. The Morgan fingerprint density at radius 3 is 2.67 bits per heavy atom. The first-order valence-corrected chi connectivity index (χ1v) is 2.04. The largest absolute Gasteiger partial charge is 0.165 e. The van der Waals surface area contributed by atoms with Crippen LogP contribution in [0.2, 0.25) is 0 Å². The topological polar surface area (TPSA) is 24.7 Å². The van der Waals surface area contributed by atoms with Crippen molar-refractivity contribution in [2.24, 2.45) is 10.2 Å². The Bertz CT molecular complexity index is 85.0. The van der Waals surface area contributed by atoms with Crippen molar-refractivity contribution >= 4 is 11.6 Å². The van der Waals surface area contributed by atoms with E-state index in [-0.39, 0.29) is 5.50 Å². The summed E-state index contributed by atoms with van der Waals surface area (Å²) in [5.41, 5.74) is -0.204. The van der Waals surface area contributed by atoms with Gasteiger partial charge in [-0.3, -0.25) is 0 Å². The third-order valence-corrected chi connectivity index (χ3v) is 0.721. The molecule has 1 aliphatic heterocycles. The Morgan fingerprint density at radius 2 is 2.50 bits per heavy atom. The van der Waals surface area contributed by atoms with E-state index in [1.165, 1.54) is 0 Å². The van der Waals surface area contributed by atoms with Crippen LogP contribution < -0.4 is 0 Å². The van der Waals surface area contributed by atoms with Gasteiger partial charge in [0.15, 0.2) is 5.50 Å². The van der Waals surface area contributed by atoms with E-state index in [0.717, 1.165) is 0 Å². The lowest BCUT2D eigenvalue weighted by molar-refractivity contribution is 1.07. The smallest absolute Gasteiger partial charge is 0.164 e. The standard InChI is InChI=1S/C3H3ClN2/c4-3-1-2-5-6-3/h1-3H. The van der Waals surface area contributed by atoms with Gasteiger partial charge < -0.3 is 0 Å². The summed E-state index contributed by atoms with van der Waals surface area (Å²) >= 11 is 5.36. The van der Waals surface area contributed by atoms with Crippen LogP contribution in [0.4, 0.5) is 0 Å².